The lowest BCUT2D eigenvalue weighted by Gasteiger charge is -2.07. The van der Waals surface area contributed by atoms with Gasteiger partial charge in [-0.3, -0.25) is 9.48 Å². The number of ketones is 1. The summed E-state index contributed by atoms with van der Waals surface area (Å²) in [6.07, 6.45) is 2.56. The van der Waals surface area contributed by atoms with E-state index in [0.29, 0.717) is 23.9 Å². The third-order valence-corrected chi connectivity index (χ3v) is 3.36. The average Bonchev–Trinajstić information content (AvgIpc) is 3.18. The molecule has 4 heteroatoms. The Morgan fingerprint density at radius 2 is 2.20 bits per heavy atom. The van der Waals surface area contributed by atoms with Crippen molar-refractivity contribution >= 4 is 5.78 Å². The molecule has 0 radical (unpaired) electrons. The number of aromatic nitrogens is 2. The van der Waals surface area contributed by atoms with Crippen LogP contribution >= 0.6 is 0 Å². The second-order valence-corrected chi connectivity index (χ2v) is 5.16. The Hall–Kier alpha value is -2.10. The molecule has 1 aliphatic carbocycles. The summed E-state index contributed by atoms with van der Waals surface area (Å²) in [6.45, 7) is 4.57. The van der Waals surface area contributed by atoms with E-state index < -0.39 is 0 Å². The van der Waals surface area contributed by atoms with Gasteiger partial charge in [-0.1, -0.05) is 12.1 Å². The van der Waals surface area contributed by atoms with Gasteiger partial charge in [-0.05, 0) is 44.9 Å². The molecule has 0 amide bonds. The standard InChI is InChI=1S/C16H18N2O2/c1-3-18-15(9-11(2)17-18)16(19)12-5-4-6-14(10-12)20-13-7-8-13/h4-6,9-10,13H,3,7-8H2,1-2H3. The van der Waals surface area contributed by atoms with Crippen molar-refractivity contribution < 1.29 is 9.53 Å². The van der Waals surface area contributed by atoms with Gasteiger partial charge in [0.2, 0.25) is 5.78 Å². The van der Waals surface area contributed by atoms with Crippen LogP contribution in [0.4, 0.5) is 0 Å². The van der Waals surface area contributed by atoms with Crippen LogP contribution in [0, 0.1) is 6.92 Å². The maximum absolute atomic E-state index is 12.6. The molecule has 0 atom stereocenters. The van der Waals surface area contributed by atoms with E-state index in [1.165, 1.54) is 0 Å². The van der Waals surface area contributed by atoms with Crippen LogP contribution in [-0.4, -0.2) is 21.7 Å². The third kappa shape index (κ3) is 2.59. The molecule has 1 aromatic carbocycles. The number of hydrogen-bond acceptors (Lipinski definition) is 3. The molecule has 0 aliphatic heterocycles. The highest BCUT2D eigenvalue weighted by atomic mass is 16.5. The molecule has 1 aromatic heterocycles. The summed E-state index contributed by atoms with van der Waals surface area (Å²) >= 11 is 0. The van der Waals surface area contributed by atoms with Crippen molar-refractivity contribution in [1.82, 2.24) is 9.78 Å². The minimum atomic E-state index is -0.00584. The van der Waals surface area contributed by atoms with Crippen LogP contribution in [0.25, 0.3) is 0 Å². The molecule has 1 heterocycles. The monoisotopic (exact) mass is 270 g/mol. The molecule has 1 aliphatic rings. The fourth-order valence-electron chi connectivity index (χ4n) is 2.21. The summed E-state index contributed by atoms with van der Waals surface area (Å²) in [5, 5.41) is 4.32. The first-order valence-electron chi connectivity index (χ1n) is 7.03. The van der Waals surface area contributed by atoms with E-state index in [2.05, 4.69) is 5.10 Å². The van der Waals surface area contributed by atoms with Crippen LogP contribution in [0.15, 0.2) is 30.3 Å². The van der Waals surface area contributed by atoms with Gasteiger partial charge >= 0.3 is 0 Å². The zero-order chi connectivity index (χ0) is 14.1. The molecule has 2 aromatic rings. The number of hydrogen-bond donors (Lipinski definition) is 0. The van der Waals surface area contributed by atoms with E-state index in [0.717, 1.165) is 24.3 Å². The lowest BCUT2D eigenvalue weighted by atomic mass is 10.1. The predicted molar refractivity (Wildman–Crippen MR) is 76.2 cm³/mol. The summed E-state index contributed by atoms with van der Waals surface area (Å²) in [6, 6.07) is 9.25. The van der Waals surface area contributed by atoms with Crippen molar-refractivity contribution in [3.63, 3.8) is 0 Å². The smallest absolute Gasteiger partial charge is 0.211 e. The summed E-state index contributed by atoms with van der Waals surface area (Å²) in [5.41, 5.74) is 2.15. The summed E-state index contributed by atoms with van der Waals surface area (Å²) in [5.74, 6) is 0.770. The number of carbonyl (C=O) groups is 1. The van der Waals surface area contributed by atoms with E-state index in [4.69, 9.17) is 4.74 Å². The number of rotatable bonds is 5. The fraction of sp³-hybridized carbons (Fsp3) is 0.375. The maximum atomic E-state index is 12.6. The highest BCUT2D eigenvalue weighted by Crippen LogP contribution is 2.27. The highest BCUT2D eigenvalue weighted by Gasteiger charge is 2.24. The van der Waals surface area contributed by atoms with Crippen molar-refractivity contribution in [2.45, 2.75) is 39.3 Å². The first-order valence-corrected chi connectivity index (χ1v) is 7.03. The molecule has 4 nitrogen and oxygen atoms in total. The Bertz CT molecular complexity index is 642. The van der Waals surface area contributed by atoms with E-state index >= 15 is 0 Å². The fourth-order valence-corrected chi connectivity index (χ4v) is 2.21. The van der Waals surface area contributed by atoms with Gasteiger partial charge in [-0.15, -0.1) is 0 Å². The number of aryl methyl sites for hydroxylation is 2. The largest absolute Gasteiger partial charge is 0.490 e. The van der Waals surface area contributed by atoms with E-state index in [9.17, 15) is 4.79 Å². The quantitative estimate of drug-likeness (QED) is 0.784. The summed E-state index contributed by atoms with van der Waals surface area (Å²) in [4.78, 5) is 12.6. The molecule has 1 fully saturated rings. The Kier molecular flexibility index (Phi) is 3.30. The number of nitrogens with zero attached hydrogens (tertiary/aromatic N) is 2. The SMILES string of the molecule is CCn1nc(C)cc1C(=O)c1cccc(OC2CC2)c1. The Balaban J connectivity index is 1.88. The molecule has 0 bridgehead atoms. The molecule has 104 valence electrons. The van der Waals surface area contributed by atoms with E-state index in [1.54, 1.807) is 4.68 Å². The van der Waals surface area contributed by atoms with Gasteiger partial charge < -0.3 is 4.74 Å². The first-order chi connectivity index (χ1) is 9.67. The second-order valence-electron chi connectivity index (χ2n) is 5.16. The zero-order valence-corrected chi connectivity index (χ0v) is 11.8. The Morgan fingerprint density at radius 3 is 2.90 bits per heavy atom. The lowest BCUT2D eigenvalue weighted by molar-refractivity contribution is 0.102. The molecular formula is C16H18N2O2. The highest BCUT2D eigenvalue weighted by molar-refractivity contribution is 6.08. The minimum Gasteiger partial charge on any atom is -0.490 e. The Labute approximate surface area is 118 Å². The lowest BCUT2D eigenvalue weighted by Crippen LogP contribution is -2.10. The predicted octanol–water partition coefficient (Wildman–Crippen LogP) is 2.98. The maximum Gasteiger partial charge on any atom is 0.211 e. The molecule has 0 N–H and O–H groups in total. The van der Waals surface area contributed by atoms with Gasteiger partial charge in [0, 0.05) is 12.1 Å². The second kappa shape index (κ2) is 5.12. The third-order valence-electron chi connectivity index (χ3n) is 3.36. The summed E-state index contributed by atoms with van der Waals surface area (Å²) < 4.78 is 7.48. The van der Waals surface area contributed by atoms with E-state index in [-0.39, 0.29) is 5.78 Å². The first kappa shape index (κ1) is 12.9. The molecule has 20 heavy (non-hydrogen) atoms. The average molecular weight is 270 g/mol. The van der Waals surface area contributed by atoms with Crippen LogP contribution in [-0.2, 0) is 6.54 Å². The van der Waals surface area contributed by atoms with Gasteiger partial charge in [0.25, 0.3) is 0 Å². The van der Waals surface area contributed by atoms with Crippen LogP contribution in [0.5, 0.6) is 5.75 Å². The zero-order valence-electron chi connectivity index (χ0n) is 11.8. The van der Waals surface area contributed by atoms with Crippen LogP contribution < -0.4 is 4.74 Å². The van der Waals surface area contributed by atoms with Gasteiger partial charge in [0.15, 0.2) is 0 Å². The van der Waals surface area contributed by atoms with Crippen LogP contribution in [0.2, 0.25) is 0 Å². The minimum absolute atomic E-state index is 0.00584. The topological polar surface area (TPSA) is 44.1 Å². The van der Waals surface area contributed by atoms with Crippen molar-refractivity contribution in [2.75, 3.05) is 0 Å². The van der Waals surface area contributed by atoms with Crippen LogP contribution in [0.1, 0.15) is 41.5 Å². The molecule has 0 unspecified atom stereocenters. The summed E-state index contributed by atoms with van der Waals surface area (Å²) in [7, 11) is 0. The van der Waals surface area contributed by atoms with Crippen molar-refractivity contribution in [1.29, 1.82) is 0 Å². The van der Waals surface area contributed by atoms with Gasteiger partial charge in [-0.25, -0.2) is 0 Å². The van der Waals surface area contributed by atoms with Gasteiger partial charge in [0.1, 0.15) is 11.4 Å². The van der Waals surface area contributed by atoms with Crippen molar-refractivity contribution in [3.8, 4) is 5.75 Å². The molecule has 0 saturated heterocycles. The number of benzene rings is 1. The van der Waals surface area contributed by atoms with Crippen LogP contribution in [0.3, 0.4) is 0 Å². The molecular weight excluding hydrogens is 252 g/mol. The van der Waals surface area contributed by atoms with Gasteiger partial charge in [-0.2, -0.15) is 5.10 Å². The Morgan fingerprint density at radius 1 is 1.40 bits per heavy atom. The van der Waals surface area contributed by atoms with Crippen molar-refractivity contribution in [3.05, 3.63) is 47.3 Å². The molecule has 0 spiro atoms. The molecule has 3 rings (SSSR count). The number of ether oxygens (including phenoxy) is 1. The van der Waals surface area contributed by atoms with Gasteiger partial charge in [0.05, 0.1) is 11.8 Å². The normalized spacial score (nSPS) is 14.3. The number of carbonyl (C=O) groups excluding carboxylic acids is 1. The molecule has 1 saturated carbocycles. The van der Waals surface area contributed by atoms with E-state index in [1.807, 2.05) is 44.2 Å². The van der Waals surface area contributed by atoms with Crippen molar-refractivity contribution in [2.24, 2.45) is 0 Å².